The molecule has 0 aromatic carbocycles. The fourth-order valence-electron chi connectivity index (χ4n) is 1.65. The quantitative estimate of drug-likeness (QED) is 0.525. The van der Waals surface area contributed by atoms with E-state index in [9.17, 15) is 9.59 Å². The minimum absolute atomic E-state index is 0.0270. The van der Waals surface area contributed by atoms with Crippen LogP contribution in [0.2, 0.25) is 0 Å². The molecule has 98 valence electrons. The van der Waals surface area contributed by atoms with Crippen LogP contribution in [-0.4, -0.2) is 37.5 Å². The van der Waals surface area contributed by atoms with Crippen molar-refractivity contribution in [1.82, 2.24) is 16.0 Å². The minimum Gasteiger partial charge on any atom is -0.354 e. The van der Waals surface area contributed by atoms with E-state index < -0.39 is 0 Å². The average molecular weight is 241 g/mol. The Hall–Kier alpha value is -1.10. The largest absolute Gasteiger partial charge is 0.354 e. The van der Waals surface area contributed by atoms with Crippen LogP contribution in [0.15, 0.2) is 0 Å². The second-order valence-electron chi connectivity index (χ2n) is 4.58. The van der Waals surface area contributed by atoms with E-state index in [-0.39, 0.29) is 23.8 Å². The molecule has 3 N–H and O–H groups in total. The molecule has 1 aliphatic rings. The van der Waals surface area contributed by atoms with Gasteiger partial charge >= 0.3 is 0 Å². The molecule has 0 aromatic heterocycles. The summed E-state index contributed by atoms with van der Waals surface area (Å²) >= 11 is 0. The lowest BCUT2D eigenvalue weighted by atomic mass is 10.2. The summed E-state index contributed by atoms with van der Waals surface area (Å²) in [4.78, 5) is 22.7. The van der Waals surface area contributed by atoms with E-state index in [0.717, 1.165) is 19.4 Å². The summed E-state index contributed by atoms with van der Waals surface area (Å²) in [5.74, 6) is 0.388. The van der Waals surface area contributed by atoms with Crippen LogP contribution in [0, 0.1) is 5.92 Å². The van der Waals surface area contributed by atoms with Crippen molar-refractivity contribution in [3.05, 3.63) is 0 Å². The van der Waals surface area contributed by atoms with Gasteiger partial charge in [0, 0.05) is 31.5 Å². The Morgan fingerprint density at radius 1 is 1.24 bits per heavy atom. The van der Waals surface area contributed by atoms with Gasteiger partial charge in [-0.3, -0.25) is 9.59 Å². The Kier molecular flexibility index (Phi) is 5.97. The highest BCUT2D eigenvalue weighted by Crippen LogP contribution is 2.28. The smallest absolute Gasteiger partial charge is 0.223 e. The van der Waals surface area contributed by atoms with E-state index >= 15 is 0 Å². The average Bonchev–Trinajstić information content (AvgIpc) is 3.08. The van der Waals surface area contributed by atoms with Crippen LogP contribution in [-0.2, 0) is 9.59 Å². The molecular formula is C12H23N3O2. The zero-order chi connectivity index (χ0) is 12.7. The third kappa shape index (κ3) is 6.26. The van der Waals surface area contributed by atoms with E-state index in [0.29, 0.717) is 19.5 Å². The van der Waals surface area contributed by atoms with E-state index in [2.05, 4.69) is 16.0 Å². The van der Waals surface area contributed by atoms with Crippen molar-refractivity contribution in [2.75, 3.05) is 19.6 Å². The summed E-state index contributed by atoms with van der Waals surface area (Å²) in [6, 6.07) is 0.195. The second-order valence-corrected chi connectivity index (χ2v) is 4.58. The lowest BCUT2D eigenvalue weighted by Gasteiger charge is -2.12. The lowest BCUT2D eigenvalue weighted by Crippen LogP contribution is -2.38. The molecule has 0 saturated heterocycles. The molecule has 17 heavy (non-hydrogen) atoms. The SMILES string of the molecule is CCNC(C)CC(=O)NCCNC(=O)C1CC1. The number of nitrogens with one attached hydrogen (secondary N) is 3. The molecule has 1 saturated carbocycles. The maximum absolute atomic E-state index is 11.5. The number of hydrogen-bond donors (Lipinski definition) is 3. The van der Waals surface area contributed by atoms with Crippen molar-refractivity contribution < 1.29 is 9.59 Å². The Bertz CT molecular complexity index is 264. The van der Waals surface area contributed by atoms with Gasteiger partial charge in [-0.1, -0.05) is 6.92 Å². The molecule has 1 atom stereocenters. The van der Waals surface area contributed by atoms with Crippen LogP contribution >= 0.6 is 0 Å². The molecule has 0 aromatic rings. The third-order valence-electron chi connectivity index (χ3n) is 2.74. The van der Waals surface area contributed by atoms with Crippen LogP contribution in [0.25, 0.3) is 0 Å². The van der Waals surface area contributed by atoms with Gasteiger partial charge in [-0.25, -0.2) is 0 Å². The van der Waals surface area contributed by atoms with Gasteiger partial charge in [0.15, 0.2) is 0 Å². The maximum Gasteiger partial charge on any atom is 0.223 e. The standard InChI is InChI=1S/C12H23N3O2/c1-3-13-9(2)8-11(16)14-6-7-15-12(17)10-4-5-10/h9-10,13H,3-8H2,1-2H3,(H,14,16)(H,15,17). The molecule has 0 heterocycles. The Morgan fingerprint density at radius 2 is 1.88 bits per heavy atom. The molecule has 2 amide bonds. The topological polar surface area (TPSA) is 70.2 Å². The van der Waals surface area contributed by atoms with Gasteiger partial charge in [-0.2, -0.15) is 0 Å². The highest BCUT2D eigenvalue weighted by atomic mass is 16.2. The van der Waals surface area contributed by atoms with Crippen molar-refractivity contribution in [2.45, 2.75) is 39.2 Å². The summed E-state index contributed by atoms with van der Waals surface area (Å²) in [5, 5.41) is 8.78. The summed E-state index contributed by atoms with van der Waals surface area (Å²) in [7, 11) is 0. The van der Waals surface area contributed by atoms with E-state index in [4.69, 9.17) is 0 Å². The van der Waals surface area contributed by atoms with Crippen LogP contribution in [0.4, 0.5) is 0 Å². The monoisotopic (exact) mass is 241 g/mol. The van der Waals surface area contributed by atoms with Crippen molar-refractivity contribution in [3.8, 4) is 0 Å². The van der Waals surface area contributed by atoms with E-state index in [1.54, 1.807) is 0 Å². The summed E-state index contributed by atoms with van der Waals surface area (Å²) < 4.78 is 0. The Morgan fingerprint density at radius 3 is 2.47 bits per heavy atom. The first kappa shape index (κ1) is 14.0. The predicted molar refractivity (Wildman–Crippen MR) is 66.5 cm³/mol. The number of amides is 2. The first-order chi connectivity index (χ1) is 8.13. The summed E-state index contributed by atoms with van der Waals surface area (Å²) in [6.45, 7) is 5.90. The van der Waals surface area contributed by atoms with Gasteiger partial charge in [-0.15, -0.1) is 0 Å². The van der Waals surface area contributed by atoms with Crippen LogP contribution in [0.5, 0.6) is 0 Å². The second kappa shape index (κ2) is 7.27. The Balaban J connectivity index is 1.97. The van der Waals surface area contributed by atoms with E-state index in [1.807, 2.05) is 13.8 Å². The van der Waals surface area contributed by atoms with E-state index in [1.165, 1.54) is 0 Å². The molecule has 5 nitrogen and oxygen atoms in total. The lowest BCUT2D eigenvalue weighted by molar-refractivity contribution is -0.123. The molecule has 0 radical (unpaired) electrons. The number of carbonyl (C=O) groups is 2. The zero-order valence-corrected chi connectivity index (χ0v) is 10.7. The van der Waals surface area contributed by atoms with Crippen LogP contribution < -0.4 is 16.0 Å². The molecule has 0 aliphatic heterocycles. The van der Waals surface area contributed by atoms with Crippen LogP contribution in [0.3, 0.4) is 0 Å². The highest BCUT2D eigenvalue weighted by Gasteiger charge is 2.28. The van der Waals surface area contributed by atoms with Crippen molar-refractivity contribution in [2.24, 2.45) is 5.92 Å². The first-order valence-corrected chi connectivity index (χ1v) is 6.41. The first-order valence-electron chi connectivity index (χ1n) is 6.41. The molecule has 5 heteroatoms. The summed E-state index contributed by atoms with van der Waals surface area (Å²) in [5.41, 5.74) is 0. The number of hydrogen-bond acceptors (Lipinski definition) is 3. The minimum atomic E-state index is 0.0270. The molecule has 1 aliphatic carbocycles. The molecular weight excluding hydrogens is 218 g/mol. The van der Waals surface area contributed by atoms with Gasteiger partial charge in [0.2, 0.25) is 11.8 Å². The molecule has 1 fully saturated rings. The normalized spacial score (nSPS) is 16.4. The zero-order valence-electron chi connectivity index (χ0n) is 10.7. The van der Waals surface area contributed by atoms with Gasteiger partial charge in [-0.05, 0) is 26.3 Å². The molecule has 0 bridgehead atoms. The van der Waals surface area contributed by atoms with Crippen molar-refractivity contribution in [3.63, 3.8) is 0 Å². The van der Waals surface area contributed by atoms with Gasteiger partial charge < -0.3 is 16.0 Å². The molecule has 1 unspecified atom stereocenters. The fourth-order valence-corrected chi connectivity index (χ4v) is 1.65. The maximum atomic E-state index is 11.5. The fraction of sp³-hybridized carbons (Fsp3) is 0.833. The Labute approximate surface area is 103 Å². The summed E-state index contributed by atoms with van der Waals surface area (Å²) in [6.07, 6.45) is 2.50. The van der Waals surface area contributed by atoms with Gasteiger partial charge in [0.25, 0.3) is 0 Å². The van der Waals surface area contributed by atoms with Crippen molar-refractivity contribution >= 4 is 11.8 Å². The predicted octanol–water partition coefficient (Wildman–Crippen LogP) is 0.0169. The number of carbonyl (C=O) groups excluding carboxylic acids is 2. The highest BCUT2D eigenvalue weighted by molar-refractivity contribution is 5.81. The van der Waals surface area contributed by atoms with Gasteiger partial charge in [0.1, 0.15) is 0 Å². The number of rotatable bonds is 8. The van der Waals surface area contributed by atoms with Crippen LogP contribution in [0.1, 0.15) is 33.1 Å². The molecule has 0 spiro atoms. The third-order valence-corrected chi connectivity index (χ3v) is 2.74. The van der Waals surface area contributed by atoms with Gasteiger partial charge in [0.05, 0.1) is 0 Å². The molecule has 1 rings (SSSR count). The van der Waals surface area contributed by atoms with Crippen molar-refractivity contribution in [1.29, 1.82) is 0 Å².